The number of aromatic nitrogens is 1. The lowest BCUT2D eigenvalue weighted by Crippen LogP contribution is -2.32. The van der Waals surface area contributed by atoms with Crippen molar-refractivity contribution in [1.29, 1.82) is 0 Å². The van der Waals surface area contributed by atoms with Crippen molar-refractivity contribution in [3.63, 3.8) is 0 Å². The first-order valence-corrected chi connectivity index (χ1v) is 8.59. The zero-order valence-electron chi connectivity index (χ0n) is 14.6. The summed E-state index contributed by atoms with van der Waals surface area (Å²) in [5.74, 6) is 0.233. The van der Waals surface area contributed by atoms with Gasteiger partial charge in [-0.3, -0.25) is 9.88 Å². The van der Waals surface area contributed by atoms with Crippen LogP contribution in [0.25, 0.3) is 10.9 Å². The standard InChI is InChI=1S/C18H28N4O3/c19-5-8-22(9-11-25-13-12-24-10-6-20)14-16-4-3-15-2-1-7-21-17(15)18(16)23/h1-4,7,23H,5-6,8-14,19-20H2. The Kier molecular flexibility index (Phi) is 8.58. The van der Waals surface area contributed by atoms with Gasteiger partial charge in [-0.05, 0) is 6.07 Å². The van der Waals surface area contributed by atoms with E-state index < -0.39 is 0 Å². The van der Waals surface area contributed by atoms with E-state index in [1.165, 1.54) is 0 Å². The van der Waals surface area contributed by atoms with E-state index in [-0.39, 0.29) is 5.75 Å². The molecule has 0 aliphatic carbocycles. The van der Waals surface area contributed by atoms with E-state index in [0.29, 0.717) is 51.6 Å². The van der Waals surface area contributed by atoms with Crippen molar-refractivity contribution in [1.82, 2.24) is 9.88 Å². The Hall–Kier alpha value is -1.77. The van der Waals surface area contributed by atoms with Gasteiger partial charge in [0.2, 0.25) is 0 Å². The number of hydrogen-bond acceptors (Lipinski definition) is 7. The van der Waals surface area contributed by atoms with Crippen molar-refractivity contribution < 1.29 is 14.6 Å². The number of phenols is 1. The molecule has 0 spiro atoms. The second kappa shape index (κ2) is 11.0. The third-order valence-electron chi connectivity index (χ3n) is 3.86. The zero-order chi connectivity index (χ0) is 17.9. The number of nitrogens with two attached hydrogens (primary N) is 2. The first kappa shape index (κ1) is 19.6. The monoisotopic (exact) mass is 348 g/mol. The number of aromatic hydroxyl groups is 1. The lowest BCUT2D eigenvalue weighted by molar-refractivity contribution is 0.0405. The summed E-state index contributed by atoms with van der Waals surface area (Å²) in [6.45, 7) is 5.35. The quantitative estimate of drug-likeness (QED) is 0.485. The van der Waals surface area contributed by atoms with E-state index in [0.717, 1.165) is 24.0 Å². The van der Waals surface area contributed by atoms with E-state index in [2.05, 4.69) is 9.88 Å². The average molecular weight is 348 g/mol. The van der Waals surface area contributed by atoms with Crippen LogP contribution in [-0.4, -0.2) is 67.6 Å². The fourth-order valence-corrected chi connectivity index (χ4v) is 2.59. The lowest BCUT2D eigenvalue weighted by atomic mass is 10.1. The van der Waals surface area contributed by atoms with Crippen LogP contribution in [0.2, 0.25) is 0 Å². The summed E-state index contributed by atoms with van der Waals surface area (Å²) >= 11 is 0. The molecule has 0 saturated carbocycles. The minimum atomic E-state index is 0.233. The molecule has 0 saturated heterocycles. The van der Waals surface area contributed by atoms with Gasteiger partial charge >= 0.3 is 0 Å². The Bertz CT molecular complexity index is 639. The fourth-order valence-electron chi connectivity index (χ4n) is 2.59. The topological polar surface area (TPSA) is 107 Å². The van der Waals surface area contributed by atoms with Crippen molar-refractivity contribution in [2.24, 2.45) is 11.5 Å². The van der Waals surface area contributed by atoms with Gasteiger partial charge in [0.15, 0.2) is 0 Å². The molecular formula is C18H28N4O3. The Morgan fingerprint density at radius 1 is 0.960 bits per heavy atom. The predicted molar refractivity (Wildman–Crippen MR) is 98.4 cm³/mol. The molecule has 0 atom stereocenters. The molecule has 0 radical (unpaired) electrons. The predicted octanol–water partition coefficient (Wildman–Crippen LogP) is 0.693. The first-order valence-electron chi connectivity index (χ1n) is 8.59. The van der Waals surface area contributed by atoms with Gasteiger partial charge < -0.3 is 26.0 Å². The number of pyridine rings is 1. The van der Waals surface area contributed by atoms with Crippen LogP contribution in [0.3, 0.4) is 0 Å². The number of rotatable bonds is 12. The highest BCUT2D eigenvalue weighted by Crippen LogP contribution is 2.27. The molecule has 5 N–H and O–H groups in total. The van der Waals surface area contributed by atoms with Crippen molar-refractivity contribution in [3.05, 3.63) is 36.0 Å². The molecule has 0 amide bonds. The lowest BCUT2D eigenvalue weighted by Gasteiger charge is -2.22. The Morgan fingerprint density at radius 3 is 2.52 bits per heavy atom. The van der Waals surface area contributed by atoms with E-state index in [9.17, 15) is 5.11 Å². The second-order valence-electron chi connectivity index (χ2n) is 5.73. The summed E-state index contributed by atoms with van der Waals surface area (Å²) in [4.78, 5) is 6.42. The SMILES string of the molecule is NCCOCCOCCN(CCN)Cc1ccc2cccnc2c1O. The molecule has 0 bridgehead atoms. The van der Waals surface area contributed by atoms with Crippen LogP contribution in [0, 0.1) is 0 Å². The maximum atomic E-state index is 10.5. The molecule has 25 heavy (non-hydrogen) atoms. The molecule has 0 unspecified atom stereocenters. The maximum Gasteiger partial charge on any atom is 0.146 e. The molecule has 0 aliphatic rings. The minimum absolute atomic E-state index is 0.233. The molecule has 1 heterocycles. The summed E-state index contributed by atoms with van der Waals surface area (Å²) in [5, 5.41) is 11.4. The van der Waals surface area contributed by atoms with Gasteiger partial charge in [-0.25, -0.2) is 0 Å². The van der Waals surface area contributed by atoms with Crippen molar-refractivity contribution in [2.45, 2.75) is 6.54 Å². The van der Waals surface area contributed by atoms with Gasteiger partial charge in [-0.15, -0.1) is 0 Å². The number of benzene rings is 1. The van der Waals surface area contributed by atoms with E-state index in [1.54, 1.807) is 6.20 Å². The third-order valence-corrected chi connectivity index (χ3v) is 3.86. The number of nitrogens with zero attached hydrogens (tertiary/aromatic N) is 2. The molecule has 138 valence electrons. The van der Waals surface area contributed by atoms with E-state index >= 15 is 0 Å². The van der Waals surface area contributed by atoms with Crippen LogP contribution in [0.4, 0.5) is 0 Å². The second-order valence-corrected chi connectivity index (χ2v) is 5.73. The van der Waals surface area contributed by atoms with Gasteiger partial charge in [0, 0.05) is 49.9 Å². The first-order chi connectivity index (χ1) is 12.3. The molecule has 7 heteroatoms. The zero-order valence-corrected chi connectivity index (χ0v) is 14.6. The van der Waals surface area contributed by atoms with Crippen LogP contribution in [0.1, 0.15) is 5.56 Å². The largest absolute Gasteiger partial charge is 0.505 e. The fraction of sp³-hybridized carbons (Fsp3) is 0.500. The molecular weight excluding hydrogens is 320 g/mol. The summed E-state index contributed by atoms with van der Waals surface area (Å²) in [6.07, 6.45) is 1.68. The van der Waals surface area contributed by atoms with Gasteiger partial charge in [0.05, 0.1) is 26.4 Å². The van der Waals surface area contributed by atoms with Gasteiger partial charge in [0.25, 0.3) is 0 Å². The summed E-state index contributed by atoms with van der Waals surface area (Å²) in [6, 6.07) is 7.70. The molecule has 7 nitrogen and oxygen atoms in total. The summed E-state index contributed by atoms with van der Waals surface area (Å²) in [5.41, 5.74) is 12.5. The van der Waals surface area contributed by atoms with Crippen molar-refractivity contribution in [2.75, 3.05) is 52.6 Å². The maximum absolute atomic E-state index is 10.5. The van der Waals surface area contributed by atoms with E-state index in [4.69, 9.17) is 20.9 Å². The number of fused-ring (bicyclic) bond motifs is 1. The molecule has 2 rings (SSSR count). The highest BCUT2D eigenvalue weighted by molar-refractivity contribution is 5.85. The normalized spacial score (nSPS) is 11.5. The van der Waals surface area contributed by atoms with Crippen LogP contribution in [0.15, 0.2) is 30.5 Å². The highest BCUT2D eigenvalue weighted by Gasteiger charge is 2.11. The number of hydrogen-bond donors (Lipinski definition) is 3. The summed E-state index contributed by atoms with van der Waals surface area (Å²) in [7, 11) is 0. The molecule has 1 aromatic heterocycles. The average Bonchev–Trinajstić information content (AvgIpc) is 2.63. The van der Waals surface area contributed by atoms with Crippen LogP contribution >= 0.6 is 0 Å². The van der Waals surface area contributed by atoms with Crippen LogP contribution in [0.5, 0.6) is 5.75 Å². The Balaban J connectivity index is 1.87. The van der Waals surface area contributed by atoms with Crippen molar-refractivity contribution in [3.8, 4) is 5.75 Å². The van der Waals surface area contributed by atoms with E-state index in [1.807, 2.05) is 24.3 Å². The number of phenolic OH excluding ortho intramolecular Hbond substituents is 1. The van der Waals surface area contributed by atoms with Gasteiger partial charge in [-0.2, -0.15) is 0 Å². The highest BCUT2D eigenvalue weighted by atomic mass is 16.5. The van der Waals surface area contributed by atoms with Crippen LogP contribution < -0.4 is 11.5 Å². The number of ether oxygens (including phenoxy) is 2. The molecule has 1 aromatic carbocycles. The molecule has 0 fully saturated rings. The summed E-state index contributed by atoms with van der Waals surface area (Å²) < 4.78 is 10.8. The third kappa shape index (κ3) is 6.22. The van der Waals surface area contributed by atoms with Gasteiger partial charge in [-0.1, -0.05) is 18.2 Å². The Morgan fingerprint density at radius 2 is 1.76 bits per heavy atom. The Labute approximate surface area is 148 Å². The van der Waals surface area contributed by atoms with Crippen LogP contribution in [-0.2, 0) is 16.0 Å². The van der Waals surface area contributed by atoms with Gasteiger partial charge in [0.1, 0.15) is 11.3 Å². The molecule has 0 aliphatic heterocycles. The smallest absolute Gasteiger partial charge is 0.146 e. The van der Waals surface area contributed by atoms with Crippen molar-refractivity contribution >= 4 is 10.9 Å². The minimum Gasteiger partial charge on any atom is -0.505 e. The molecule has 2 aromatic rings.